The third kappa shape index (κ3) is 6.78. The molecule has 158 valence electrons. The van der Waals surface area contributed by atoms with Gasteiger partial charge in [0.25, 0.3) is 0 Å². The van der Waals surface area contributed by atoms with Crippen LogP contribution in [0.2, 0.25) is 0 Å². The van der Waals surface area contributed by atoms with E-state index in [4.69, 9.17) is 9.47 Å². The van der Waals surface area contributed by atoms with Gasteiger partial charge in [0.05, 0.1) is 18.1 Å². The van der Waals surface area contributed by atoms with Crippen molar-refractivity contribution in [3.05, 3.63) is 24.3 Å². The average molecular weight is 412 g/mol. The van der Waals surface area contributed by atoms with Crippen LogP contribution in [0.3, 0.4) is 0 Å². The quantitative estimate of drug-likeness (QED) is 0.547. The van der Waals surface area contributed by atoms with Crippen molar-refractivity contribution in [2.24, 2.45) is 11.8 Å². The Kier molecular flexibility index (Phi) is 8.76. The van der Waals surface area contributed by atoms with Crippen LogP contribution in [-0.2, 0) is 19.6 Å². The second-order valence-electron chi connectivity index (χ2n) is 7.78. The molecule has 0 saturated heterocycles. The number of rotatable bonds is 10. The molecule has 2 rings (SSSR count). The molecule has 0 radical (unpaired) electrons. The fourth-order valence-electron chi connectivity index (χ4n) is 3.43. The summed E-state index contributed by atoms with van der Waals surface area (Å²) in [5, 5.41) is 0. The molecule has 1 aliphatic rings. The van der Waals surface area contributed by atoms with Gasteiger partial charge in [-0.2, -0.15) is 4.31 Å². The summed E-state index contributed by atoms with van der Waals surface area (Å²) < 4.78 is 38.0. The minimum atomic E-state index is -3.78. The summed E-state index contributed by atoms with van der Waals surface area (Å²) in [6.45, 7) is 6.39. The lowest BCUT2D eigenvalue weighted by atomic mass is 9.90. The summed E-state index contributed by atoms with van der Waals surface area (Å²) in [6.07, 6.45) is 6.23. The average Bonchev–Trinajstić information content (AvgIpc) is 2.67. The minimum absolute atomic E-state index is 0.0855. The number of nitrogens with zero attached hydrogens (tertiary/aromatic N) is 1. The molecular weight excluding hydrogens is 378 g/mol. The zero-order chi connectivity index (χ0) is 20.6. The Labute approximate surface area is 169 Å². The zero-order valence-corrected chi connectivity index (χ0v) is 18.0. The van der Waals surface area contributed by atoms with Gasteiger partial charge >= 0.3 is 5.97 Å². The molecule has 28 heavy (non-hydrogen) atoms. The minimum Gasteiger partial charge on any atom is -0.493 e. The van der Waals surface area contributed by atoms with Crippen molar-refractivity contribution in [1.29, 1.82) is 0 Å². The topological polar surface area (TPSA) is 72.9 Å². The maximum Gasteiger partial charge on any atom is 0.321 e. The van der Waals surface area contributed by atoms with Crippen LogP contribution in [0, 0.1) is 11.8 Å². The molecule has 0 aromatic heterocycles. The number of esters is 1. The number of hydrogen-bond donors (Lipinski definition) is 0. The molecule has 0 heterocycles. The number of benzene rings is 1. The summed E-state index contributed by atoms with van der Waals surface area (Å²) in [5.74, 6) is 0.801. The molecule has 1 aromatic carbocycles. The first kappa shape index (κ1) is 22.7. The van der Waals surface area contributed by atoms with Crippen LogP contribution >= 0.6 is 0 Å². The van der Waals surface area contributed by atoms with Gasteiger partial charge in [0.1, 0.15) is 12.3 Å². The summed E-state index contributed by atoms with van der Waals surface area (Å²) in [5.41, 5.74) is 0. The second kappa shape index (κ2) is 10.8. The van der Waals surface area contributed by atoms with Crippen molar-refractivity contribution < 1.29 is 22.7 Å². The zero-order valence-electron chi connectivity index (χ0n) is 17.2. The maximum atomic E-state index is 13.0. The highest BCUT2D eigenvalue weighted by atomic mass is 32.2. The van der Waals surface area contributed by atoms with E-state index < -0.39 is 16.0 Å². The van der Waals surface area contributed by atoms with Gasteiger partial charge in [-0.3, -0.25) is 4.79 Å². The van der Waals surface area contributed by atoms with Crippen molar-refractivity contribution in [2.75, 3.05) is 26.3 Å². The maximum absolute atomic E-state index is 13.0. The molecule has 1 aromatic rings. The van der Waals surface area contributed by atoms with Crippen LogP contribution in [0.1, 0.15) is 52.9 Å². The van der Waals surface area contributed by atoms with Crippen molar-refractivity contribution in [3.63, 3.8) is 0 Å². The van der Waals surface area contributed by atoms with Gasteiger partial charge in [-0.05, 0) is 55.9 Å². The van der Waals surface area contributed by atoms with Crippen LogP contribution in [0.15, 0.2) is 29.2 Å². The molecule has 0 spiro atoms. The predicted molar refractivity (Wildman–Crippen MR) is 109 cm³/mol. The summed E-state index contributed by atoms with van der Waals surface area (Å²) in [6, 6.07) is 6.47. The van der Waals surface area contributed by atoms with Gasteiger partial charge in [-0.1, -0.05) is 33.1 Å². The second-order valence-corrected chi connectivity index (χ2v) is 9.72. The van der Waals surface area contributed by atoms with Gasteiger partial charge in [0.2, 0.25) is 10.0 Å². The highest BCUT2D eigenvalue weighted by molar-refractivity contribution is 7.89. The van der Waals surface area contributed by atoms with E-state index in [1.165, 1.54) is 36.4 Å². The van der Waals surface area contributed by atoms with E-state index in [-0.39, 0.29) is 30.5 Å². The normalized spacial score (nSPS) is 15.8. The lowest BCUT2D eigenvalue weighted by Gasteiger charge is -2.23. The number of ether oxygens (including phenoxy) is 2. The van der Waals surface area contributed by atoms with Crippen LogP contribution in [-0.4, -0.2) is 45.0 Å². The van der Waals surface area contributed by atoms with Crippen LogP contribution in [0.25, 0.3) is 0 Å². The van der Waals surface area contributed by atoms with Crippen LogP contribution in [0.5, 0.6) is 5.75 Å². The lowest BCUT2D eigenvalue weighted by Crippen LogP contribution is -2.38. The molecule has 1 saturated carbocycles. The van der Waals surface area contributed by atoms with Crippen molar-refractivity contribution in [2.45, 2.75) is 57.8 Å². The van der Waals surface area contributed by atoms with E-state index >= 15 is 0 Å². The molecule has 0 atom stereocenters. The smallest absolute Gasteiger partial charge is 0.321 e. The Hall–Kier alpha value is -1.60. The first-order valence-electron chi connectivity index (χ1n) is 10.2. The van der Waals surface area contributed by atoms with E-state index in [0.717, 1.165) is 0 Å². The van der Waals surface area contributed by atoms with E-state index in [2.05, 4.69) is 0 Å². The first-order valence-corrected chi connectivity index (χ1v) is 11.7. The van der Waals surface area contributed by atoms with E-state index in [1.54, 1.807) is 31.2 Å². The number of sulfonamides is 1. The Balaban J connectivity index is 2.05. The van der Waals surface area contributed by atoms with Gasteiger partial charge in [-0.15, -0.1) is 0 Å². The molecule has 1 fully saturated rings. The Morgan fingerprint density at radius 1 is 1.14 bits per heavy atom. The monoisotopic (exact) mass is 411 g/mol. The molecule has 0 aliphatic heterocycles. The molecule has 0 bridgehead atoms. The third-order valence-corrected chi connectivity index (χ3v) is 6.68. The van der Waals surface area contributed by atoms with Crippen molar-refractivity contribution in [3.8, 4) is 5.75 Å². The van der Waals surface area contributed by atoms with Crippen molar-refractivity contribution in [1.82, 2.24) is 4.31 Å². The van der Waals surface area contributed by atoms with Gasteiger partial charge in [0.15, 0.2) is 0 Å². The van der Waals surface area contributed by atoms with Crippen LogP contribution in [0.4, 0.5) is 0 Å². The van der Waals surface area contributed by atoms with Gasteiger partial charge < -0.3 is 9.47 Å². The fraction of sp³-hybridized carbons (Fsp3) is 0.667. The SMILES string of the molecule is CCOC(=O)CN(CC(C)C)S(=O)(=O)c1ccc(OCC2CCCCC2)cc1. The van der Waals surface area contributed by atoms with Gasteiger partial charge in [0, 0.05) is 6.54 Å². The number of carbonyl (C=O) groups is 1. The first-order chi connectivity index (χ1) is 13.3. The summed E-state index contributed by atoms with van der Waals surface area (Å²) in [4.78, 5) is 12.0. The van der Waals surface area contributed by atoms with Crippen LogP contribution < -0.4 is 4.74 Å². The number of hydrogen-bond acceptors (Lipinski definition) is 5. The molecular formula is C21H33NO5S. The fourth-order valence-corrected chi connectivity index (χ4v) is 4.98. The highest BCUT2D eigenvalue weighted by Crippen LogP contribution is 2.25. The molecule has 6 nitrogen and oxygen atoms in total. The molecule has 0 unspecified atom stereocenters. The molecule has 0 amide bonds. The highest BCUT2D eigenvalue weighted by Gasteiger charge is 2.28. The molecule has 0 N–H and O–H groups in total. The van der Waals surface area contributed by atoms with Gasteiger partial charge in [-0.25, -0.2) is 8.42 Å². The standard InChI is InChI=1S/C21H33NO5S/c1-4-26-21(23)15-22(14-17(2)3)28(24,25)20-12-10-19(11-13-20)27-16-18-8-6-5-7-9-18/h10-13,17-18H,4-9,14-16H2,1-3H3. The Morgan fingerprint density at radius 2 is 1.79 bits per heavy atom. The van der Waals surface area contributed by atoms with E-state index in [9.17, 15) is 13.2 Å². The third-order valence-electron chi connectivity index (χ3n) is 4.85. The van der Waals surface area contributed by atoms with E-state index in [1.807, 2.05) is 13.8 Å². The summed E-state index contributed by atoms with van der Waals surface area (Å²) in [7, 11) is -3.78. The summed E-state index contributed by atoms with van der Waals surface area (Å²) >= 11 is 0. The van der Waals surface area contributed by atoms with E-state index in [0.29, 0.717) is 18.3 Å². The molecule has 7 heteroatoms. The molecule has 1 aliphatic carbocycles. The predicted octanol–water partition coefficient (Wildman–Crippen LogP) is 3.86. The van der Waals surface area contributed by atoms with Crippen molar-refractivity contribution >= 4 is 16.0 Å². The Bertz CT molecular complexity index is 709. The largest absolute Gasteiger partial charge is 0.493 e. The lowest BCUT2D eigenvalue weighted by molar-refractivity contribution is -0.143. The Morgan fingerprint density at radius 3 is 2.36 bits per heavy atom. The number of carbonyl (C=O) groups excluding carboxylic acids is 1.